The summed E-state index contributed by atoms with van der Waals surface area (Å²) in [5, 5.41) is 21.8. The topological polar surface area (TPSA) is 169 Å². The molecule has 0 radical (unpaired) electrons. The monoisotopic (exact) mass is 874 g/mol. The Morgan fingerprint density at radius 1 is 0.557 bits per heavy atom. The van der Waals surface area contributed by atoms with E-state index in [1.54, 1.807) is 6.08 Å². The molecule has 0 rings (SSSR count). The van der Waals surface area contributed by atoms with Crippen LogP contribution >= 0.6 is 7.82 Å². The molecule has 0 aliphatic rings. The number of carbonyl (C=O) groups excluding carboxylic acids is 2. The molecule has 0 spiro atoms. The second kappa shape index (κ2) is 43.1. The minimum atomic E-state index is -4.79. The largest absolute Gasteiger partial charge is 0.480 e. The number of aliphatic hydroxyl groups is 1. The molecule has 0 aliphatic heterocycles. The number of allylic oxidation sites excluding steroid dienone is 15. The van der Waals surface area contributed by atoms with Crippen LogP contribution in [0.1, 0.15) is 162 Å². The summed E-state index contributed by atoms with van der Waals surface area (Å²) >= 11 is 0. The number of rotatable bonds is 41. The molecule has 12 heteroatoms. The van der Waals surface area contributed by atoms with E-state index in [1.165, 1.54) is 44.9 Å². The summed E-state index contributed by atoms with van der Waals surface area (Å²) in [6.45, 7) is 2.36. The number of esters is 1. The van der Waals surface area contributed by atoms with Gasteiger partial charge < -0.3 is 25.2 Å². The van der Waals surface area contributed by atoms with E-state index in [9.17, 15) is 34.1 Å². The lowest BCUT2D eigenvalue weighted by Gasteiger charge is -2.18. The van der Waals surface area contributed by atoms with Crippen LogP contribution in [0, 0.1) is 0 Å². The van der Waals surface area contributed by atoms with Crippen LogP contribution < -0.4 is 5.32 Å². The number of aliphatic hydroxyl groups excluding tert-OH is 1. The summed E-state index contributed by atoms with van der Waals surface area (Å²) in [6.07, 6.45) is 54.6. The number of ether oxygens (including phenoxy) is 1. The Morgan fingerprint density at radius 3 is 1.46 bits per heavy atom. The SMILES string of the molecule is CC/C=C\C/C=C\C/C=C\C/C=C\C/C=C\C/C=C\C/C=C\CC(=O)OCC(O)COP(=O)(O)OCC(NC(=O)CCCCCCC/C=C\CCCCCCCCC)C(=O)O. The van der Waals surface area contributed by atoms with E-state index in [0.717, 1.165) is 77.0 Å². The number of hydrogen-bond acceptors (Lipinski definition) is 8. The highest BCUT2D eigenvalue weighted by atomic mass is 31.2. The third-order valence-corrected chi connectivity index (χ3v) is 10.1. The van der Waals surface area contributed by atoms with Gasteiger partial charge in [0.15, 0.2) is 6.04 Å². The van der Waals surface area contributed by atoms with Crippen LogP contribution in [-0.2, 0) is 32.7 Å². The number of aliphatic carboxylic acids is 1. The van der Waals surface area contributed by atoms with Crippen molar-refractivity contribution in [1.82, 2.24) is 5.32 Å². The predicted molar refractivity (Wildman–Crippen MR) is 249 cm³/mol. The van der Waals surface area contributed by atoms with Gasteiger partial charge in [-0.05, 0) is 77.0 Å². The highest BCUT2D eigenvalue weighted by Gasteiger charge is 2.28. The molecule has 0 bridgehead atoms. The van der Waals surface area contributed by atoms with Crippen LogP contribution in [0.15, 0.2) is 97.2 Å². The van der Waals surface area contributed by atoms with Gasteiger partial charge in [-0.1, -0.05) is 169 Å². The molecule has 0 aromatic carbocycles. The van der Waals surface area contributed by atoms with Crippen LogP contribution in [0.5, 0.6) is 0 Å². The fourth-order valence-corrected chi connectivity index (χ4v) is 6.40. The molecule has 0 heterocycles. The zero-order chi connectivity index (χ0) is 44.9. The maximum atomic E-state index is 12.3. The first kappa shape index (κ1) is 57.4. The Labute approximate surface area is 368 Å². The average Bonchev–Trinajstić information content (AvgIpc) is 3.24. The summed E-state index contributed by atoms with van der Waals surface area (Å²) in [6, 6.07) is -1.57. The van der Waals surface area contributed by atoms with Crippen molar-refractivity contribution in [3.63, 3.8) is 0 Å². The molecular weight excluding hydrogens is 794 g/mol. The lowest BCUT2D eigenvalue weighted by atomic mass is 10.1. The summed E-state index contributed by atoms with van der Waals surface area (Å²) in [5.74, 6) is -2.54. The van der Waals surface area contributed by atoms with Gasteiger partial charge in [0.05, 0.1) is 19.6 Å². The zero-order valence-electron chi connectivity index (χ0n) is 37.4. The summed E-state index contributed by atoms with van der Waals surface area (Å²) in [7, 11) is -4.79. The van der Waals surface area contributed by atoms with Gasteiger partial charge in [0.1, 0.15) is 12.7 Å². The maximum Gasteiger partial charge on any atom is 0.472 e. The molecule has 0 aliphatic carbocycles. The van der Waals surface area contributed by atoms with Crippen molar-refractivity contribution in [3.05, 3.63) is 97.2 Å². The molecule has 0 saturated heterocycles. The third kappa shape index (κ3) is 42.9. The van der Waals surface area contributed by atoms with Crippen molar-refractivity contribution in [2.24, 2.45) is 0 Å². The fourth-order valence-electron chi connectivity index (χ4n) is 5.63. The molecular formula is C49H80NO10P. The summed E-state index contributed by atoms with van der Waals surface area (Å²) in [5.41, 5.74) is 0. The number of phosphoric acid groups is 1. The summed E-state index contributed by atoms with van der Waals surface area (Å²) < 4.78 is 26.7. The Morgan fingerprint density at radius 2 is 0.984 bits per heavy atom. The highest BCUT2D eigenvalue weighted by molar-refractivity contribution is 7.47. The lowest BCUT2D eigenvalue weighted by Crippen LogP contribution is -2.43. The third-order valence-electron chi connectivity index (χ3n) is 9.14. The number of carboxylic acids is 1. The van der Waals surface area contributed by atoms with E-state index in [-0.39, 0.29) is 12.8 Å². The van der Waals surface area contributed by atoms with E-state index < -0.39 is 57.6 Å². The number of carbonyl (C=O) groups is 3. The number of hydrogen-bond donors (Lipinski definition) is 4. The quantitative estimate of drug-likeness (QED) is 0.0201. The normalized spacial score (nSPS) is 14.6. The molecule has 346 valence electrons. The van der Waals surface area contributed by atoms with Gasteiger partial charge in [0.25, 0.3) is 0 Å². The summed E-state index contributed by atoms with van der Waals surface area (Å²) in [4.78, 5) is 45.9. The molecule has 11 nitrogen and oxygen atoms in total. The Bertz CT molecular complexity index is 1400. The first-order valence-corrected chi connectivity index (χ1v) is 24.3. The second-order valence-electron chi connectivity index (χ2n) is 14.9. The van der Waals surface area contributed by atoms with Crippen LogP contribution in [0.3, 0.4) is 0 Å². The number of phosphoric ester groups is 1. The number of amides is 1. The standard InChI is InChI=1S/C49H80NO10P/c1-3-5-7-9-11-13-15-17-19-21-22-23-24-25-27-29-31-33-35-37-39-41-48(53)58-42-45(51)43-59-61(56,57)60-44-46(49(54)55)50-47(52)40-38-36-34-32-30-28-26-20-18-16-14-12-10-8-6-4-2/h5,7,11,13,17,19-20,22-23,25-27,31,33,37,39,45-46,51H,3-4,6,8-10,12,14-16,18,21,24,28-30,32,34-36,38,40-44H2,1-2H3,(H,50,52)(H,54,55)(H,56,57)/b7-5-,13-11-,19-17-,23-22-,26-20-,27-25-,33-31-,39-37-. The molecule has 3 unspecified atom stereocenters. The van der Waals surface area contributed by atoms with Crippen molar-refractivity contribution in [3.8, 4) is 0 Å². The van der Waals surface area contributed by atoms with Crippen LogP contribution in [0.25, 0.3) is 0 Å². The number of unbranched alkanes of at least 4 members (excludes halogenated alkanes) is 12. The average molecular weight is 874 g/mol. The van der Waals surface area contributed by atoms with E-state index >= 15 is 0 Å². The Hall–Kier alpha value is -3.60. The van der Waals surface area contributed by atoms with Crippen molar-refractivity contribution in [2.75, 3.05) is 19.8 Å². The van der Waals surface area contributed by atoms with E-state index in [1.807, 2.05) is 18.2 Å². The van der Waals surface area contributed by atoms with Crippen LogP contribution in [0.2, 0.25) is 0 Å². The second-order valence-corrected chi connectivity index (χ2v) is 16.3. The molecule has 1 amide bonds. The van der Waals surface area contributed by atoms with Crippen LogP contribution in [-0.4, -0.2) is 64.9 Å². The minimum absolute atomic E-state index is 0.0165. The van der Waals surface area contributed by atoms with Gasteiger partial charge in [-0.25, -0.2) is 9.36 Å². The van der Waals surface area contributed by atoms with Gasteiger partial charge in [0, 0.05) is 6.42 Å². The molecule has 3 atom stereocenters. The molecule has 61 heavy (non-hydrogen) atoms. The Kier molecular flexibility index (Phi) is 40.5. The van der Waals surface area contributed by atoms with Gasteiger partial charge in [-0.2, -0.15) is 0 Å². The van der Waals surface area contributed by atoms with Crippen molar-refractivity contribution in [1.29, 1.82) is 0 Å². The van der Waals surface area contributed by atoms with E-state index in [0.29, 0.717) is 12.8 Å². The van der Waals surface area contributed by atoms with Gasteiger partial charge in [-0.3, -0.25) is 18.6 Å². The minimum Gasteiger partial charge on any atom is -0.480 e. The van der Waals surface area contributed by atoms with E-state index in [2.05, 4.69) is 92.1 Å². The lowest BCUT2D eigenvalue weighted by molar-refractivity contribution is -0.146. The first-order chi connectivity index (χ1) is 29.6. The molecule has 4 N–H and O–H groups in total. The molecule has 0 fully saturated rings. The van der Waals surface area contributed by atoms with Crippen molar-refractivity contribution >= 4 is 25.7 Å². The van der Waals surface area contributed by atoms with E-state index in [4.69, 9.17) is 13.8 Å². The molecule has 0 aromatic heterocycles. The van der Waals surface area contributed by atoms with Crippen molar-refractivity contribution in [2.45, 2.75) is 174 Å². The van der Waals surface area contributed by atoms with Crippen molar-refractivity contribution < 1.29 is 47.8 Å². The van der Waals surface area contributed by atoms with Gasteiger partial charge >= 0.3 is 19.8 Å². The fraction of sp³-hybridized carbons (Fsp3) is 0.612. The molecule has 0 aromatic rings. The first-order valence-electron chi connectivity index (χ1n) is 22.8. The zero-order valence-corrected chi connectivity index (χ0v) is 38.3. The van der Waals surface area contributed by atoms with Crippen LogP contribution in [0.4, 0.5) is 0 Å². The molecule has 0 saturated carbocycles. The predicted octanol–water partition coefficient (Wildman–Crippen LogP) is 12.1. The van der Waals surface area contributed by atoms with Gasteiger partial charge in [-0.15, -0.1) is 0 Å². The highest BCUT2D eigenvalue weighted by Crippen LogP contribution is 2.43. The maximum absolute atomic E-state index is 12.3. The Balaban J connectivity index is 4.04. The van der Waals surface area contributed by atoms with Gasteiger partial charge in [0.2, 0.25) is 5.91 Å². The smallest absolute Gasteiger partial charge is 0.472 e. The number of nitrogens with one attached hydrogen (secondary N) is 1. The number of carboxylic acid groups (broad SMARTS) is 1.